The van der Waals surface area contributed by atoms with Gasteiger partial charge in [0.15, 0.2) is 0 Å². The summed E-state index contributed by atoms with van der Waals surface area (Å²) in [7, 11) is 0. The van der Waals surface area contributed by atoms with Crippen LogP contribution in [-0.4, -0.2) is 11.5 Å². The molecule has 4 nitrogen and oxygen atoms in total. The summed E-state index contributed by atoms with van der Waals surface area (Å²) in [6.45, 7) is 3.31. The van der Waals surface area contributed by atoms with Crippen molar-refractivity contribution < 1.29 is 4.92 Å². The van der Waals surface area contributed by atoms with Gasteiger partial charge in [0.25, 0.3) is 5.69 Å². The SMILES string of the molecule is Cc1c(CNCCc2ccc(Br)s2)cccc1[N+](=O)[O-]. The first kappa shape index (κ1) is 15.2. The van der Waals surface area contributed by atoms with Crippen LogP contribution < -0.4 is 5.32 Å². The van der Waals surface area contributed by atoms with E-state index in [1.807, 2.05) is 12.1 Å². The van der Waals surface area contributed by atoms with Gasteiger partial charge in [-0.2, -0.15) is 0 Å². The van der Waals surface area contributed by atoms with Crippen LogP contribution >= 0.6 is 27.3 Å². The molecule has 2 rings (SSSR count). The Bertz CT molecular complexity index is 613. The zero-order chi connectivity index (χ0) is 14.5. The average Bonchev–Trinajstić information content (AvgIpc) is 2.82. The van der Waals surface area contributed by atoms with Gasteiger partial charge in [-0.15, -0.1) is 11.3 Å². The molecule has 1 heterocycles. The number of rotatable bonds is 6. The highest BCUT2D eigenvalue weighted by molar-refractivity contribution is 9.11. The van der Waals surface area contributed by atoms with E-state index < -0.39 is 0 Å². The summed E-state index contributed by atoms with van der Waals surface area (Å²) in [4.78, 5) is 11.9. The van der Waals surface area contributed by atoms with Crippen molar-refractivity contribution >= 4 is 33.0 Å². The van der Waals surface area contributed by atoms with Gasteiger partial charge in [-0.05, 0) is 47.0 Å². The third-order valence-corrected chi connectivity index (χ3v) is 4.79. The number of benzene rings is 1. The van der Waals surface area contributed by atoms with E-state index in [4.69, 9.17) is 0 Å². The van der Waals surface area contributed by atoms with Gasteiger partial charge in [0.2, 0.25) is 0 Å². The van der Waals surface area contributed by atoms with Crippen LogP contribution in [0.25, 0.3) is 0 Å². The van der Waals surface area contributed by atoms with Gasteiger partial charge >= 0.3 is 0 Å². The molecule has 0 unspecified atom stereocenters. The third kappa shape index (κ3) is 3.88. The van der Waals surface area contributed by atoms with Gasteiger partial charge in [0.05, 0.1) is 8.71 Å². The van der Waals surface area contributed by atoms with Gasteiger partial charge in [-0.25, -0.2) is 0 Å². The minimum absolute atomic E-state index is 0.187. The molecule has 1 aromatic heterocycles. The zero-order valence-electron chi connectivity index (χ0n) is 11.1. The van der Waals surface area contributed by atoms with Crippen molar-refractivity contribution in [2.45, 2.75) is 19.9 Å². The smallest absolute Gasteiger partial charge is 0.272 e. The molecule has 0 fully saturated rings. The molecule has 0 atom stereocenters. The number of nitro groups is 1. The van der Waals surface area contributed by atoms with Crippen LogP contribution in [0, 0.1) is 17.0 Å². The van der Waals surface area contributed by atoms with Crippen molar-refractivity contribution in [3.05, 3.63) is 60.2 Å². The van der Waals surface area contributed by atoms with Crippen molar-refractivity contribution in [2.24, 2.45) is 0 Å². The van der Waals surface area contributed by atoms with E-state index in [0.717, 1.165) is 27.9 Å². The fourth-order valence-electron chi connectivity index (χ4n) is 1.98. The Balaban J connectivity index is 1.88. The molecular formula is C14H15BrN2O2S. The van der Waals surface area contributed by atoms with E-state index in [1.54, 1.807) is 30.4 Å². The van der Waals surface area contributed by atoms with Crippen molar-refractivity contribution in [2.75, 3.05) is 6.54 Å². The number of nitrogens with one attached hydrogen (secondary N) is 1. The first-order valence-corrected chi connectivity index (χ1v) is 7.86. The quantitative estimate of drug-likeness (QED) is 0.483. The molecule has 106 valence electrons. The molecule has 2 aromatic rings. The lowest BCUT2D eigenvalue weighted by molar-refractivity contribution is -0.385. The van der Waals surface area contributed by atoms with E-state index in [2.05, 4.69) is 27.3 Å². The Morgan fingerprint density at radius 3 is 2.80 bits per heavy atom. The highest BCUT2D eigenvalue weighted by Crippen LogP contribution is 2.22. The second-order valence-electron chi connectivity index (χ2n) is 4.45. The maximum Gasteiger partial charge on any atom is 0.272 e. The van der Waals surface area contributed by atoms with Crippen LogP contribution in [0.4, 0.5) is 5.69 Å². The Morgan fingerprint density at radius 2 is 2.15 bits per heavy atom. The molecule has 0 aliphatic rings. The van der Waals surface area contributed by atoms with Crippen molar-refractivity contribution in [1.82, 2.24) is 5.32 Å². The van der Waals surface area contributed by atoms with E-state index >= 15 is 0 Å². The van der Waals surface area contributed by atoms with Gasteiger partial charge in [-0.1, -0.05) is 12.1 Å². The molecule has 0 aliphatic heterocycles. The number of thiophene rings is 1. The zero-order valence-corrected chi connectivity index (χ0v) is 13.5. The van der Waals surface area contributed by atoms with Gasteiger partial charge in [0.1, 0.15) is 0 Å². The van der Waals surface area contributed by atoms with E-state index in [1.165, 1.54) is 4.88 Å². The Hall–Kier alpha value is -1.24. The molecule has 0 spiro atoms. The maximum atomic E-state index is 10.9. The summed E-state index contributed by atoms with van der Waals surface area (Å²) >= 11 is 5.17. The summed E-state index contributed by atoms with van der Waals surface area (Å²) < 4.78 is 1.14. The Morgan fingerprint density at radius 1 is 1.35 bits per heavy atom. The molecule has 20 heavy (non-hydrogen) atoms. The highest BCUT2D eigenvalue weighted by Gasteiger charge is 2.12. The number of hydrogen-bond donors (Lipinski definition) is 1. The predicted molar refractivity (Wildman–Crippen MR) is 85.3 cm³/mol. The van der Waals surface area contributed by atoms with Crippen molar-refractivity contribution in [3.8, 4) is 0 Å². The Kier molecular flexibility index (Phi) is 5.28. The average molecular weight is 355 g/mol. The molecule has 0 bridgehead atoms. The molecule has 0 aliphatic carbocycles. The third-order valence-electron chi connectivity index (χ3n) is 3.11. The standard InChI is InChI=1S/C14H15BrN2O2S/c1-10-11(3-2-4-13(10)17(18)19)9-16-8-7-12-5-6-14(15)20-12/h2-6,16H,7-9H2,1H3. The van der Waals surface area contributed by atoms with Crippen LogP contribution in [0.5, 0.6) is 0 Å². The van der Waals surface area contributed by atoms with Crippen LogP contribution in [0.2, 0.25) is 0 Å². The van der Waals surface area contributed by atoms with Gasteiger partial charge < -0.3 is 5.32 Å². The van der Waals surface area contributed by atoms with Crippen LogP contribution in [0.1, 0.15) is 16.0 Å². The fourth-order valence-corrected chi connectivity index (χ4v) is 3.46. The van der Waals surface area contributed by atoms with Crippen LogP contribution in [0.15, 0.2) is 34.1 Å². The van der Waals surface area contributed by atoms with E-state index in [9.17, 15) is 10.1 Å². The summed E-state index contributed by atoms with van der Waals surface area (Å²) in [5.41, 5.74) is 1.90. The van der Waals surface area contributed by atoms with Gasteiger partial charge in [-0.3, -0.25) is 10.1 Å². The van der Waals surface area contributed by atoms with Gasteiger partial charge in [0, 0.05) is 29.6 Å². The second-order valence-corrected chi connectivity index (χ2v) is 7.00. The minimum atomic E-state index is -0.331. The normalized spacial score (nSPS) is 10.7. The lowest BCUT2D eigenvalue weighted by atomic mass is 10.1. The minimum Gasteiger partial charge on any atom is -0.312 e. The van der Waals surface area contributed by atoms with Crippen LogP contribution in [-0.2, 0) is 13.0 Å². The maximum absolute atomic E-state index is 10.9. The van der Waals surface area contributed by atoms with Crippen molar-refractivity contribution in [1.29, 1.82) is 0 Å². The molecule has 0 radical (unpaired) electrons. The summed E-state index contributed by atoms with van der Waals surface area (Å²) in [6, 6.07) is 9.36. The van der Waals surface area contributed by atoms with E-state index in [-0.39, 0.29) is 10.6 Å². The molecule has 1 aromatic carbocycles. The molecule has 1 N–H and O–H groups in total. The monoisotopic (exact) mass is 354 g/mol. The molecule has 0 saturated heterocycles. The number of nitro benzene ring substituents is 1. The summed E-state index contributed by atoms with van der Waals surface area (Å²) in [6.07, 6.45) is 0.963. The largest absolute Gasteiger partial charge is 0.312 e. The topological polar surface area (TPSA) is 55.2 Å². The molecule has 0 amide bonds. The fraction of sp³-hybridized carbons (Fsp3) is 0.286. The molecule has 0 saturated carbocycles. The number of nitrogens with zero attached hydrogens (tertiary/aromatic N) is 1. The first-order valence-electron chi connectivity index (χ1n) is 6.25. The highest BCUT2D eigenvalue weighted by atomic mass is 79.9. The summed E-state index contributed by atoms with van der Waals surface area (Å²) in [5, 5.41) is 14.2. The van der Waals surface area contributed by atoms with Crippen LogP contribution in [0.3, 0.4) is 0 Å². The Labute approximate surface area is 130 Å². The molecular weight excluding hydrogens is 340 g/mol. The second kappa shape index (κ2) is 6.97. The number of halogens is 1. The van der Waals surface area contributed by atoms with E-state index in [0.29, 0.717) is 6.54 Å². The first-order chi connectivity index (χ1) is 9.58. The number of hydrogen-bond acceptors (Lipinski definition) is 4. The molecule has 6 heteroatoms. The lowest BCUT2D eigenvalue weighted by Crippen LogP contribution is -2.17. The lowest BCUT2D eigenvalue weighted by Gasteiger charge is -2.07. The van der Waals surface area contributed by atoms with Crippen molar-refractivity contribution in [3.63, 3.8) is 0 Å². The summed E-state index contributed by atoms with van der Waals surface area (Å²) in [5.74, 6) is 0. The predicted octanol–water partition coefficient (Wildman–Crippen LogP) is 4.06.